The van der Waals surface area contributed by atoms with Crippen LogP contribution in [0, 0.1) is 11.8 Å². The number of nitrogens with one attached hydrogen (secondary N) is 2. The third-order valence-corrected chi connectivity index (χ3v) is 6.02. The highest BCUT2D eigenvalue weighted by atomic mass is 35.5. The zero-order valence-corrected chi connectivity index (χ0v) is 14.3. The first-order valence-corrected chi connectivity index (χ1v) is 9.16. The highest BCUT2D eigenvalue weighted by Gasteiger charge is 2.44. The molecule has 4 nitrogen and oxygen atoms in total. The molecule has 1 aliphatic carbocycles. The summed E-state index contributed by atoms with van der Waals surface area (Å²) in [6.45, 7) is 2.28. The monoisotopic (exact) mass is 351 g/mol. The van der Waals surface area contributed by atoms with Crippen molar-refractivity contribution in [3.8, 4) is 0 Å². The standard InChI is InChI=1S/C18H23ClFN3O/c19-12-2-4-14(5-3-12)23-9-11-1-6-16(15(11)10-23)22-18(24)17-7-13(20)8-21-17/h2-5,11,13,15-17,21H,1,6-10H2,(H,22,24)/t11-,13?,15+,16+,17+/m1/s1. The maximum Gasteiger partial charge on any atom is 0.237 e. The highest BCUT2D eigenvalue weighted by molar-refractivity contribution is 6.30. The van der Waals surface area contributed by atoms with Crippen LogP contribution in [-0.4, -0.2) is 43.8 Å². The number of benzene rings is 1. The van der Waals surface area contributed by atoms with E-state index < -0.39 is 6.17 Å². The van der Waals surface area contributed by atoms with Crippen LogP contribution >= 0.6 is 11.6 Å². The minimum Gasteiger partial charge on any atom is -0.371 e. The van der Waals surface area contributed by atoms with Gasteiger partial charge in [-0.25, -0.2) is 4.39 Å². The molecule has 6 heteroatoms. The summed E-state index contributed by atoms with van der Waals surface area (Å²) in [5.74, 6) is 1.06. The van der Waals surface area contributed by atoms with Gasteiger partial charge in [-0.2, -0.15) is 0 Å². The van der Waals surface area contributed by atoms with Crippen LogP contribution in [0.15, 0.2) is 24.3 Å². The zero-order chi connectivity index (χ0) is 16.7. The van der Waals surface area contributed by atoms with E-state index in [1.54, 1.807) is 0 Å². The van der Waals surface area contributed by atoms with Crippen molar-refractivity contribution in [1.82, 2.24) is 10.6 Å². The largest absolute Gasteiger partial charge is 0.371 e. The zero-order valence-electron chi connectivity index (χ0n) is 13.6. The number of amides is 1. The molecule has 24 heavy (non-hydrogen) atoms. The summed E-state index contributed by atoms with van der Waals surface area (Å²) in [6, 6.07) is 7.79. The number of carbonyl (C=O) groups excluding carboxylic acids is 1. The molecule has 1 saturated carbocycles. The Bertz CT molecular complexity index is 611. The van der Waals surface area contributed by atoms with Gasteiger partial charge in [-0.1, -0.05) is 11.6 Å². The number of anilines is 1. The lowest BCUT2D eigenvalue weighted by Gasteiger charge is -2.24. The maximum absolute atomic E-state index is 13.3. The second-order valence-electron chi connectivity index (χ2n) is 7.29. The van der Waals surface area contributed by atoms with Gasteiger partial charge in [-0.3, -0.25) is 4.79 Å². The summed E-state index contributed by atoms with van der Waals surface area (Å²) in [5, 5.41) is 6.90. The molecule has 2 N–H and O–H groups in total. The van der Waals surface area contributed by atoms with Crippen LogP contribution in [0.5, 0.6) is 0 Å². The summed E-state index contributed by atoms with van der Waals surface area (Å²) in [6.07, 6.45) is 1.57. The number of alkyl halides is 1. The van der Waals surface area contributed by atoms with E-state index in [-0.39, 0.29) is 18.0 Å². The van der Waals surface area contributed by atoms with Crippen LogP contribution in [0.2, 0.25) is 5.02 Å². The summed E-state index contributed by atoms with van der Waals surface area (Å²) in [7, 11) is 0. The number of carbonyl (C=O) groups is 1. The van der Waals surface area contributed by atoms with Crippen LogP contribution in [0.4, 0.5) is 10.1 Å². The predicted molar refractivity (Wildman–Crippen MR) is 93.1 cm³/mol. The quantitative estimate of drug-likeness (QED) is 0.878. The van der Waals surface area contributed by atoms with Crippen molar-refractivity contribution >= 4 is 23.2 Å². The molecule has 1 aromatic rings. The van der Waals surface area contributed by atoms with Gasteiger partial charge in [0.25, 0.3) is 0 Å². The summed E-state index contributed by atoms with van der Waals surface area (Å²) in [5.41, 5.74) is 1.19. The van der Waals surface area contributed by atoms with Gasteiger partial charge in [-0.15, -0.1) is 0 Å². The van der Waals surface area contributed by atoms with E-state index >= 15 is 0 Å². The van der Waals surface area contributed by atoms with Gasteiger partial charge < -0.3 is 15.5 Å². The number of rotatable bonds is 3. The molecule has 4 rings (SSSR count). The lowest BCUT2D eigenvalue weighted by molar-refractivity contribution is -0.123. The van der Waals surface area contributed by atoms with Crippen molar-refractivity contribution in [2.45, 2.75) is 37.5 Å². The molecule has 2 saturated heterocycles. The van der Waals surface area contributed by atoms with Gasteiger partial charge in [0, 0.05) is 48.7 Å². The summed E-state index contributed by atoms with van der Waals surface area (Å²) in [4.78, 5) is 14.7. The second kappa shape index (κ2) is 6.52. The molecule has 2 aliphatic heterocycles. The Morgan fingerprint density at radius 1 is 1.25 bits per heavy atom. The molecule has 3 aliphatic rings. The average Bonchev–Trinajstić information content (AvgIpc) is 3.25. The van der Waals surface area contributed by atoms with Gasteiger partial charge in [0.2, 0.25) is 5.91 Å². The van der Waals surface area contributed by atoms with Crippen molar-refractivity contribution in [2.24, 2.45) is 11.8 Å². The molecule has 0 radical (unpaired) electrons. The molecular weight excluding hydrogens is 329 g/mol. The van der Waals surface area contributed by atoms with Crippen LogP contribution in [-0.2, 0) is 4.79 Å². The van der Waals surface area contributed by atoms with E-state index in [1.165, 1.54) is 5.69 Å². The molecule has 5 atom stereocenters. The number of hydrogen-bond donors (Lipinski definition) is 2. The second-order valence-corrected chi connectivity index (χ2v) is 7.73. The highest BCUT2D eigenvalue weighted by Crippen LogP contribution is 2.40. The summed E-state index contributed by atoms with van der Waals surface area (Å²) < 4.78 is 13.3. The normalized spacial score (nSPS) is 35.2. The molecule has 1 aromatic carbocycles. The van der Waals surface area contributed by atoms with Crippen molar-refractivity contribution in [3.63, 3.8) is 0 Å². The molecule has 130 valence electrons. The Kier molecular flexibility index (Phi) is 4.39. The fourth-order valence-electron chi connectivity index (χ4n) is 4.48. The molecule has 0 bridgehead atoms. The van der Waals surface area contributed by atoms with Crippen LogP contribution in [0.3, 0.4) is 0 Å². The molecule has 0 aromatic heterocycles. The van der Waals surface area contributed by atoms with Gasteiger partial charge in [0.05, 0.1) is 6.04 Å². The number of halogens is 2. The van der Waals surface area contributed by atoms with E-state index in [4.69, 9.17) is 11.6 Å². The first-order chi connectivity index (χ1) is 11.6. The van der Waals surface area contributed by atoms with Gasteiger partial charge >= 0.3 is 0 Å². The summed E-state index contributed by atoms with van der Waals surface area (Å²) >= 11 is 5.97. The van der Waals surface area contributed by atoms with Crippen LogP contribution < -0.4 is 15.5 Å². The smallest absolute Gasteiger partial charge is 0.237 e. The van der Waals surface area contributed by atoms with Gasteiger partial charge in [0.1, 0.15) is 6.17 Å². The van der Waals surface area contributed by atoms with Gasteiger partial charge in [0.15, 0.2) is 0 Å². The Morgan fingerprint density at radius 3 is 2.75 bits per heavy atom. The van der Waals surface area contributed by atoms with E-state index in [2.05, 4.69) is 27.7 Å². The van der Waals surface area contributed by atoms with Crippen molar-refractivity contribution in [3.05, 3.63) is 29.3 Å². The number of fused-ring (bicyclic) bond motifs is 1. The molecular formula is C18H23ClFN3O. The Balaban J connectivity index is 1.37. The molecule has 2 heterocycles. The fraction of sp³-hybridized carbons (Fsp3) is 0.611. The molecule has 1 unspecified atom stereocenters. The Hall–Kier alpha value is -1.33. The third kappa shape index (κ3) is 3.11. The van der Waals surface area contributed by atoms with Crippen LogP contribution in [0.25, 0.3) is 0 Å². The van der Waals surface area contributed by atoms with E-state index in [0.29, 0.717) is 24.8 Å². The average molecular weight is 352 g/mol. The molecule has 0 spiro atoms. The number of nitrogens with zero attached hydrogens (tertiary/aromatic N) is 1. The first kappa shape index (κ1) is 16.2. The first-order valence-electron chi connectivity index (χ1n) is 8.78. The SMILES string of the molecule is O=C(N[C@H]1CC[C@@H]2CN(c3ccc(Cl)cc3)C[C@@H]21)[C@@H]1CC(F)CN1. The Labute approximate surface area is 146 Å². The minimum atomic E-state index is -0.899. The van der Waals surface area contributed by atoms with Crippen molar-refractivity contribution < 1.29 is 9.18 Å². The topological polar surface area (TPSA) is 44.4 Å². The molecule has 3 fully saturated rings. The minimum absolute atomic E-state index is 0.0363. The fourth-order valence-corrected chi connectivity index (χ4v) is 4.61. The van der Waals surface area contributed by atoms with Crippen molar-refractivity contribution in [2.75, 3.05) is 24.5 Å². The number of hydrogen-bond acceptors (Lipinski definition) is 3. The maximum atomic E-state index is 13.3. The lowest BCUT2D eigenvalue weighted by atomic mass is 9.97. The van der Waals surface area contributed by atoms with Gasteiger partial charge in [-0.05, 0) is 43.0 Å². The van der Waals surface area contributed by atoms with Crippen molar-refractivity contribution in [1.29, 1.82) is 0 Å². The molecule has 1 amide bonds. The third-order valence-electron chi connectivity index (χ3n) is 5.77. The van der Waals surface area contributed by atoms with E-state index in [9.17, 15) is 9.18 Å². The van der Waals surface area contributed by atoms with E-state index in [1.807, 2.05) is 12.1 Å². The Morgan fingerprint density at radius 2 is 2.04 bits per heavy atom. The lowest BCUT2D eigenvalue weighted by Crippen LogP contribution is -2.47. The predicted octanol–water partition coefficient (Wildman–Crippen LogP) is 2.37. The van der Waals surface area contributed by atoms with E-state index in [0.717, 1.165) is 31.0 Å². The van der Waals surface area contributed by atoms with Crippen LogP contribution in [0.1, 0.15) is 19.3 Å².